The maximum atomic E-state index is 8.39. The van der Waals surface area contributed by atoms with Crippen LogP contribution in [0, 0.1) is 5.41 Å². The second kappa shape index (κ2) is 6.33. The van der Waals surface area contributed by atoms with Gasteiger partial charge >= 0.3 is 0 Å². The van der Waals surface area contributed by atoms with E-state index in [2.05, 4.69) is 30.9 Å². The summed E-state index contributed by atoms with van der Waals surface area (Å²) in [7, 11) is 1.97. The zero-order valence-corrected chi connectivity index (χ0v) is 15.3. The van der Waals surface area contributed by atoms with Crippen molar-refractivity contribution in [3.8, 4) is 11.4 Å². The van der Waals surface area contributed by atoms with Gasteiger partial charge < -0.3 is 13.9 Å². The monoisotopic (exact) mass is 346 g/mol. The Balaban J connectivity index is 1.88. The van der Waals surface area contributed by atoms with E-state index in [1.807, 2.05) is 48.0 Å². The zero-order valence-electron chi connectivity index (χ0n) is 15.3. The van der Waals surface area contributed by atoms with Crippen molar-refractivity contribution < 1.29 is 4.42 Å². The number of hydrogen-bond donors (Lipinski definition) is 1. The number of nitrogens with one attached hydrogen (secondary N) is 1. The molecule has 26 heavy (non-hydrogen) atoms. The maximum absolute atomic E-state index is 8.39. The molecule has 0 atom stereocenters. The third kappa shape index (κ3) is 2.56. The molecule has 1 N–H and O–H groups in total. The lowest BCUT2D eigenvalue weighted by atomic mass is 10.1. The summed E-state index contributed by atoms with van der Waals surface area (Å²) in [6.45, 7) is 6.15. The zero-order chi connectivity index (χ0) is 18.3. The lowest BCUT2D eigenvalue weighted by molar-refractivity contribution is 0.535. The van der Waals surface area contributed by atoms with Crippen LogP contribution in [0.25, 0.3) is 33.4 Å². The van der Waals surface area contributed by atoms with Gasteiger partial charge in [-0.25, -0.2) is 4.98 Å². The molecule has 2 aromatic carbocycles. The molecule has 0 fully saturated rings. The Morgan fingerprint density at radius 2 is 1.85 bits per heavy atom. The molecule has 0 saturated carbocycles. The number of aromatic nitrogens is 2. The third-order valence-electron chi connectivity index (χ3n) is 4.91. The minimum Gasteiger partial charge on any atom is -0.438 e. The summed E-state index contributed by atoms with van der Waals surface area (Å²) in [6, 6.07) is 16.1. The van der Waals surface area contributed by atoms with Crippen LogP contribution < -0.4 is 10.5 Å². The highest BCUT2D eigenvalue weighted by atomic mass is 16.3. The van der Waals surface area contributed by atoms with Crippen molar-refractivity contribution in [2.75, 3.05) is 18.0 Å². The van der Waals surface area contributed by atoms with Crippen LogP contribution >= 0.6 is 0 Å². The van der Waals surface area contributed by atoms with E-state index in [4.69, 9.17) is 14.8 Å². The predicted molar refractivity (Wildman–Crippen MR) is 105 cm³/mol. The Morgan fingerprint density at radius 1 is 1.08 bits per heavy atom. The maximum Gasteiger partial charge on any atom is 0.223 e. The van der Waals surface area contributed by atoms with Crippen molar-refractivity contribution in [3.63, 3.8) is 0 Å². The molecule has 5 heteroatoms. The Kier molecular flexibility index (Phi) is 3.99. The van der Waals surface area contributed by atoms with Gasteiger partial charge in [0.2, 0.25) is 5.55 Å². The van der Waals surface area contributed by atoms with Crippen molar-refractivity contribution in [3.05, 3.63) is 54.1 Å². The molecule has 0 aliphatic rings. The van der Waals surface area contributed by atoms with Crippen molar-refractivity contribution in [2.45, 2.75) is 13.8 Å². The molecule has 0 unspecified atom stereocenters. The summed E-state index contributed by atoms with van der Waals surface area (Å²) in [4.78, 5) is 6.96. The first-order chi connectivity index (χ1) is 12.6. The molecular weight excluding hydrogens is 324 g/mol. The Bertz CT molecular complexity index is 1150. The number of nitrogens with zero attached hydrogens (tertiary/aromatic N) is 3. The summed E-state index contributed by atoms with van der Waals surface area (Å²) < 4.78 is 7.87. The quantitative estimate of drug-likeness (QED) is 0.599. The fraction of sp³-hybridized carbons (Fsp3) is 0.238. The summed E-state index contributed by atoms with van der Waals surface area (Å²) in [5, 5.41) is 9.37. The van der Waals surface area contributed by atoms with Crippen LogP contribution in [0.4, 0.5) is 5.69 Å². The molecule has 2 heterocycles. The normalized spacial score (nSPS) is 11.3. The summed E-state index contributed by atoms with van der Waals surface area (Å²) in [5.74, 6) is 0.745. The van der Waals surface area contributed by atoms with Crippen molar-refractivity contribution in [1.29, 1.82) is 5.41 Å². The van der Waals surface area contributed by atoms with Gasteiger partial charge in [-0.3, -0.25) is 5.41 Å². The van der Waals surface area contributed by atoms with Crippen LogP contribution in [0.1, 0.15) is 13.8 Å². The minimum absolute atomic E-state index is 0.132. The molecule has 5 nitrogen and oxygen atoms in total. The first kappa shape index (κ1) is 16.4. The Morgan fingerprint density at radius 3 is 2.58 bits per heavy atom. The number of rotatable bonds is 4. The van der Waals surface area contributed by atoms with Gasteiger partial charge in [0.25, 0.3) is 0 Å². The number of imidazole rings is 1. The number of para-hydroxylation sites is 2. The van der Waals surface area contributed by atoms with Gasteiger partial charge in [-0.05, 0) is 44.2 Å². The van der Waals surface area contributed by atoms with Gasteiger partial charge in [0.05, 0.1) is 16.6 Å². The SMILES string of the molecule is CCN(CC)c1ccc2cc(-c3nc4ccccc4n3C)c(=N)oc2c1. The summed E-state index contributed by atoms with van der Waals surface area (Å²) in [6.07, 6.45) is 0. The molecule has 0 bridgehead atoms. The van der Waals surface area contributed by atoms with E-state index in [0.717, 1.165) is 46.6 Å². The largest absolute Gasteiger partial charge is 0.438 e. The van der Waals surface area contributed by atoms with Crippen LogP contribution in [0.15, 0.2) is 52.9 Å². The lowest BCUT2D eigenvalue weighted by Crippen LogP contribution is -2.21. The molecule has 0 saturated heterocycles. The van der Waals surface area contributed by atoms with Gasteiger partial charge in [-0.2, -0.15) is 0 Å². The fourth-order valence-corrected chi connectivity index (χ4v) is 3.45. The smallest absolute Gasteiger partial charge is 0.223 e. The van der Waals surface area contributed by atoms with Crippen LogP contribution in [0.3, 0.4) is 0 Å². The molecule has 132 valence electrons. The number of fused-ring (bicyclic) bond motifs is 2. The van der Waals surface area contributed by atoms with E-state index in [9.17, 15) is 0 Å². The standard InChI is InChI=1S/C21H22N4O/c1-4-25(5-2)15-11-10-14-12-16(20(22)26-19(14)13-15)21-23-17-8-6-7-9-18(17)24(21)3/h6-13,22H,4-5H2,1-3H3. The molecule has 0 spiro atoms. The first-order valence-corrected chi connectivity index (χ1v) is 8.91. The van der Waals surface area contributed by atoms with Gasteiger partial charge in [0, 0.05) is 37.3 Å². The number of anilines is 1. The Hall–Kier alpha value is -3.08. The molecule has 0 aliphatic carbocycles. The van der Waals surface area contributed by atoms with E-state index in [0.29, 0.717) is 5.56 Å². The topological polar surface area (TPSA) is 58.1 Å². The lowest BCUT2D eigenvalue weighted by Gasteiger charge is -2.21. The van der Waals surface area contributed by atoms with E-state index in [1.165, 1.54) is 0 Å². The first-order valence-electron chi connectivity index (χ1n) is 8.91. The second-order valence-electron chi connectivity index (χ2n) is 6.37. The third-order valence-corrected chi connectivity index (χ3v) is 4.91. The number of benzene rings is 2. The highest BCUT2D eigenvalue weighted by Gasteiger charge is 2.14. The van der Waals surface area contributed by atoms with Crippen LogP contribution in [-0.2, 0) is 7.05 Å². The van der Waals surface area contributed by atoms with Crippen molar-refractivity contribution in [2.24, 2.45) is 7.05 Å². The molecule has 0 amide bonds. The molecule has 4 aromatic rings. The molecule has 0 radical (unpaired) electrons. The molecule has 4 rings (SSSR count). The van der Waals surface area contributed by atoms with Crippen LogP contribution in [-0.4, -0.2) is 22.6 Å². The fourth-order valence-electron chi connectivity index (χ4n) is 3.45. The van der Waals surface area contributed by atoms with Gasteiger partial charge in [0.1, 0.15) is 11.4 Å². The van der Waals surface area contributed by atoms with E-state index in [-0.39, 0.29) is 5.55 Å². The number of hydrogen-bond acceptors (Lipinski definition) is 4. The van der Waals surface area contributed by atoms with E-state index >= 15 is 0 Å². The summed E-state index contributed by atoms with van der Waals surface area (Å²) in [5.41, 5.74) is 4.63. The van der Waals surface area contributed by atoms with Crippen LogP contribution in [0.2, 0.25) is 0 Å². The molecule has 0 aliphatic heterocycles. The highest BCUT2D eigenvalue weighted by Crippen LogP contribution is 2.26. The molecule has 2 aromatic heterocycles. The average Bonchev–Trinajstić information content (AvgIpc) is 2.99. The Labute approximate surface area is 152 Å². The minimum atomic E-state index is 0.132. The van der Waals surface area contributed by atoms with E-state index < -0.39 is 0 Å². The van der Waals surface area contributed by atoms with Crippen LogP contribution in [0.5, 0.6) is 0 Å². The summed E-state index contributed by atoms with van der Waals surface area (Å²) >= 11 is 0. The van der Waals surface area contributed by atoms with Gasteiger partial charge in [0.15, 0.2) is 0 Å². The predicted octanol–water partition coefficient (Wildman–Crippen LogP) is 4.31. The van der Waals surface area contributed by atoms with Gasteiger partial charge in [-0.1, -0.05) is 12.1 Å². The highest BCUT2D eigenvalue weighted by molar-refractivity contribution is 5.86. The van der Waals surface area contributed by atoms with Crippen molar-refractivity contribution in [1.82, 2.24) is 9.55 Å². The van der Waals surface area contributed by atoms with Gasteiger partial charge in [-0.15, -0.1) is 0 Å². The van der Waals surface area contributed by atoms with Crippen molar-refractivity contribution >= 4 is 27.7 Å². The molecular formula is C21H22N4O. The average molecular weight is 346 g/mol. The number of aryl methyl sites for hydroxylation is 1. The van der Waals surface area contributed by atoms with E-state index in [1.54, 1.807) is 0 Å². The second-order valence-corrected chi connectivity index (χ2v) is 6.37.